The van der Waals surface area contributed by atoms with Crippen LogP contribution in [-0.4, -0.2) is 30.1 Å². The fourth-order valence-corrected chi connectivity index (χ4v) is 4.69. The summed E-state index contributed by atoms with van der Waals surface area (Å²) in [5.74, 6) is 0.522. The van der Waals surface area contributed by atoms with Gasteiger partial charge in [0.15, 0.2) is 0 Å². The van der Waals surface area contributed by atoms with Crippen LogP contribution in [0.1, 0.15) is 46.7 Å². The van der Waals surface area contributed by atoms with E-state index >= 15 is 0 Å². The van der Waals surface area contributed by atoms with E-state index in [0.29, 0.717) is 5.92 Å². The van der Waals surface area contributed by atoms with E-state index in [1.54, 1.807) is 0 Å². The number of nitrogens with zero attached hydrogens (tertiary/aromatic N) is 2. The number of amides is 1. The Morgan fingerprint density at radius 3 is 2.43 bits per heavy atom. The van der Waals surface area contributed by atoms with E-state index in [4.69, 9.17) is 0 Å². The maximum absolute atomic E-state index is 13.0. The van der Waals surface area contributed by atoms with E-state index in [0.717, 1.165) is 43.0 Å². The van der Waals surface area contributed by atoms with E-state index < -0.39 is 0 Å². The van der Waals surface area contributed by atoms with Gasteiger partial charge in [-0.05, 0) is 56.9 Å². The Bertz CT molecular complexity index is 994. The first-order valence-corrected chi connectivity index (χ1v) is 10.9. The molecule has 4 nitrogen and oxygen atoms in total. The molecule has 1 N–H and O–H groups in total. The highest BCUT2D eigenvalue weighted by atomic mass is 16.1. The molecule has 4 rings (SSSR count). The number of para-hydroxylation sites is 1. The predicted molar refractivity (Wildman–Crippen MR) is 123 cm³/mol. The van der Waals surface area contributed by atoms with Crippen molar-refractivity contribution in [1.82, 2.24) is 9.88 Å². The summed E-state index contributed by atoms with van der Waals surface area (Å²) < 4.78 is 2.26. The third-order valence-corrected chi connectivity index (χ3v) is 6.36. The Kier molecular flexibility index (Phi) is 5.93. The molecule has 4 heteroatoms. The lowest BCUT2D eigenvalue weighted by molar-refractivity contribution is 0.0947. The zero-order valence-electron chi connectivity index (χ0n) is 18.1. The molecule has 1 saturated heterocycles. The van der Waals surface area contributed by atoms with Crippen LogP contribution in [0.5, 0.6) is 0 Å². The fourth-order valence-electron chi connectivity index (χ4n) is 4.69. The first-order valence-electron chi connectivity index (χ1n) is 10.9. The van der Waals surface area contributed by atoms with E-state index in [-0.39, 0.29) is 11.9 Å². The lowest BCUT2D eigenvalue weighted by atomic mass is 10.1. The van der Waals surface area contributed by atoms with E-state index in [9.17, 15) is 4.79 Å². The first kappa shape index (κ1) is 20.3. The molecular formula is C26H31N3O. The van der Waals surface area contributed by atoms with Crippen molar-refractivity contribution >= 4 is 11.6 Å². The topological polar surface area (TPSA) is 37.3 Å². The summed E-state index contributed by atoms with van der Waals surface area (Å²) in [5, 5.41) is 3.19. The Morgan fingerprint density at radius 1 is 1.07 bits per heavy atom. The van der Waals surface area contributed by atoms with Crippen molar-refractivity contribution in [2.45, 2.75) is 33.2 Å². The Morgan fingerprint density at radius 2 is 1.73 bits per heavy atom. The van der Waals surface area contributed by atoms with Crippen LogP contribution in [-0.2, 0) is 0 Å². The average molecular weight is 402 g/mol. The van der Waals surface area contributed by atoms with Gasteiger partial charge in [0.1, 0.15) is 0 Å². The molecule has 3 aromatic rings. The van der Waals surface area contributed by atoms with E-state index in [2.05, 4.69) is 77.2 Å². The molecule has 0 radical (unpaired) electrons. The zero-order chi connectivity index (χ0) is 21.1. The molecule has 1 aromatic heterocycles. The summed E-state index contributed by atoms with van der Waals surface area (Å²) >= 11 is 0. The van der Waals surface area contributed by atoms with E-state index in [1.165, 1.54) is 11.3 Å². The smallest absolute Gasteiger partial charge is 0.253 e. The van der Waals surface area contributed by atoms with Gasteiger partial charge in [-0.25, -0.2) is 0 Å². The maximum atomic E-state index is 13.0. The number of hydrogen-bond acceptors (Lipinski definition) is 2. The van der Waals surface area contributed by atoms with Crippen LogP contribution in [0.25, 0.3) is 0 Å². The van der Waals surface area contributed by atoms with Gasteiger partial charge in [-0.1, -0.05) is 48.5 Å². The number of aryl methyl sites for hydroxylation is 1. The van der Waals surface area contributed by atoms with Gasteiger partial charge in [0.25, 0.3) is 5.91 Å². The summed E-state index contributed by atoms with van der Waals surface area (Å²) in [5.41, 5.74) is 5.44. The highest BCUT2D eigenvalue weighted by molar-refractivity contribution is 5.95. The molecule has 1 amide bonds. The lowest BCUT2D eigenvalue weighted by Gasteiger charge is -2.19. The third kappa shape index (κ3) is 4.13. The number of hydrogen-bond donors (Lipinski definition) is 1. The van der Waals surface area contributed by atoms with Crippen molar-refractivity contribution in [3.8, 4) is 0 Å². The van der Waals surface area contributed by atoms with Crippen molar-refractivity contribution in [1.29, 1.82) is 0 Å². The number of benzene rings is 2. The molecule has 0 saturated carbocycles. The number of carbonyl (C=O) groups is 1. The SMILES string of the molecule is Cc1cc(C(=O)NCC2CCN(c3ccccc3)C2)c(C)n1C(C)c1ccccc1. The second kappa shape index (κ2) is 8.78. The van der Waals surface area contributed by atoms with Crippen LogP contribution in [0.3, 0.4) is 0 Å². The van der Waals surface area contributed by atoms with Gasteiger partial charge < -0.3 is 14.8 Å². The van der Waals surface area contributed by atoms with Gasteiger partial charge in [-0.2, -0.15) is 0 Å². The van der Waals surface area contributed by atoms with E-state index in [1.807, 2.05) is 25.1 Å². The van der Waals surface area contributed by atoms with Crippen LogP contribution in [0.4, 0.5) is 5.69 Å². The van der Waals surface area contributed by atoms with Gasteiger partial charge in [-0.3, -0.25) is 4.79 Å². The molecule has 1 aliphatic heterocycles. The molecular weight excluding hydrogens is 370 g/mol. The molecule has 0 bridgehead atoms. The molecule has 156 valence electrons. The van der Waals surface area contributed by atoms with Crippen molar-refractivity contribution in [2.24, 2.45) is 5.92 Å². The van der Waals surface area contributed by atoms with Crippen molar-refractivity contribution in [3.05, 3.63) is 89.2 Å². The van der Waals surface area contributed by atoms with Crippen LogP contribution in [0, 0.1) is 19.8 Å². The monoisotopic (exact) mass is 401 g/mol. The van der Waals surface area contributed by atoms with Gasteiger partial charge in [-0.15, -0.1) is 0 Å². The number of nitrogens with one attached hydrogen (secondary N) is 1. The van der Waals surface area contributed by atoms with Crippen LogP contribution in [0.15, 0.2) is 66.7 Å². The molecule has 2 aromatic carbocycles. The molecule has 30 heavy (non-hydrogen) atoms. The van der Waals surface area contributed by atoms with Gasteiger partial charge in [0, 0.05) is 36.7 Å². The quantitative estimate of drug-likeness (QED) is 0.633. The minimum Gasteiger partial charge on any atom is -0.371 e. The Balaban J connectivity index is 1.40. The molecule has 1 aliphatic rings. The van der Waals surface area contributed by atoms with Crippen LogP contribution < -0.4 is 10.2 Å². The normalized spacial score (nSPS) is 17.2. The molecule has 2 heterocycles. The molecule has 0 aliphatic carbocycles. The lowest BCUT2D eigenvalue weighted by Crippen LogP contribution is -2.31. The number of aromatic nitrogens is 1. The number of anilines is 1. The number of rotatable bonds is 6. The van der Waals surface area contributed by atoms with Crippen molar-refractivity contribution < 1.29 is 4.79 Å². The predicted octanol–water partition coefficient (Wildman–Crippen LogP) is 4.97. The Hall–Kier alpha value is -3.01. The minimum atomic E-state index is 0.0350. The van der Waals surface area contributed by atoms with Crippen LogP contribution in [0.2, 0.25) is 0 Å². The number of carbonyl (C=O) groups excluding carboxylic acids is 1. The van der Waals surface area contributed by atoms with Crippen molar-refractivity contribution in [2.75, 3.05) is 24.5 Å². The second-order valence-corrected chi connectivity index (χ2v) is 8.39. The summed E-state index contributed by atoms with van der Waals surface area (Å²) in [7, 11) is 0. The zero-order valence-corrected chi connectivity index (χ0v) is 18.1. The molecule has 2 unspecified atom stereocenters. The summed E-state index contributed by atoms with van der Waals surface area (Å²) in [6.07, 6.45) is 1.11. The highest BCUT2D eigenvalue weighted by Crippen LogP contribution is 2.26. The standard InChI is InChI=1S/C26H31N3O/c1-19-16-25(21(3)29(19)20(2)23-10-6-4-7-11-23)26(30)27-17-22-14-15-28(18-22)24-12-8-5-9-13-24/h4-13,16,20,22H,14-15,17-18H2,1-3H3,(H,27,30). The molecule has 0 spiro atoms. The summed E-state index contributed by atoms with van der Waals surface area (Å²) in [6, 6.07) is 23.2. The van der Waals surface area contributed by atoms with Crippen molar-refractivity contribution in [3.63, 3.8) is 0 Å². The third-order valence-electron chi connectivity index (χ3n) is 6.36. The highest BCUT2D eigenvalue weighted by Gasteiger charge is 2.24. The fraction of sp³-hybridized carbons (Fsp3) is 0.346. The minimum absolute atomic E-state index is 0.0350. The summed E-state index contributed by atoms with van der Waals surface area (Å²) in [6.45, 7) is 9.09. The summed E-state index contributed by atoms with van der Waals surface area (Å²) in [4.78, 5) is 15.4. The maximum Gasteiger partial charge on any atom is 0.253 e. The molecule has 1 fully saturated rings. The second-order valence-electron chi connectivity index (χ2n) is 8.39. The van der Waals surface area contributed by atoms with Gasteiger partial charge in [0.05, 0.1) is 11.6 Å². The largest absolute Gasteiger partial charge is 0.371 e. The average Bonchev–Trinajstić information content (AvgIpc) is 3.37. The molecule has 2 atom stereocenters. The van der Waals surface area contributed by atoms with Crippen LogP contribution >= 0.6 is 0 Å². The van der Waals surface area contributed by atoms with Gasteiger partial charge in [0.2, 0.25) is 0 Å². The Labute approximate surface area is 179 Å². The first-order chi connectivity index (χ1) is 14.5. The van der Waals surface area contributed by atoms with Gasteiger partial charge >= 0.3 is 0 Å².